The zero-order chi connectivity index (χ0) is 54.5. The highest BCUT2D eigenvalue weighted by atomic mass is 35.5. The van der Waals surface area contributed by atoms with Crippen LogP contribution in [0.5, 0.6) is 0 Å². The molecule has 3 saturated carbocycles. The van der Waals surface area contributed by atoms with Crippen molar-refractivity contribution in [2.45, 2.75) is 166 Å². The van der Waals surface area contributed by atoms with Crippen molar-refractivity contribution in [1.29, 1.82) is 0 Å². The highest BCUT2D eigenvalue weighted by Gasteiger charge is 2.74. The Morgan fingerprint density at radius 3 is 2.23 bits per heavy atom. The smallest absolute Gasteiger partial charge is 0.354 e. The maximum Gasteiger partial charge on any atom is 0.504 e. The van der Waals surface area contributed by atoms with Gasteiger partial charge < -0.3 is 36.0 Å². The van der Waals surface area contributed by atoms with Crippen molar-refractivity contribution in [3.8, 4) is 11.1 Å². The van der Waals surface area contributed by atoms with Crippen molar-refractivity contribution in [2.75, 3.05) is 27.2 Å². The number of benzene rings is 1. The second-order valence-electron chi connectivity index (χ2n) is 22.1. The third-order valence-corrected chi connectivity index (χ3v) is 15.8. The Hall–Kier alpha value is -5.48. The monoisotopic (exact) mass is 1070 g/mol. The molecule has 7 rings (SSSR count). The summed E-state index contributed by atoms with van der Waals surface area (Å²) in [7, 11) is 2.63. The number of rotatable bonds is 11. The van der Waals surface area contributed by atoms with Gasteiger partial charge in [0.1, 0.15) is 47.3 Å². The summed E-state index contributed by atoms with van der Waals surface area (Å²) in [4.78, 5) is 103. The van der Waals surface area contributed by atoms with Crippen molar-refractivity contribution in [3.05, 3.63) is 41.2 Å². The fraction of sp³-hybridized carbons (Fsp3) is 0.680. The second kappa shape index (κ2) is 21.3. The summed E-state index contributed by atoms with van der Waals surface area (Å²) < 4.78 is 100.0. The summed E-state index contributed by atoms with van der Waals surface area (Å²) in [5.41, 5.74) is -4.47. The van der Waals surface area contributed by atoms with Gasteiger partial charge in [-0.15, -0.1) is 13.2 Å². The van der Waals surface area contributed by atoms with Crippen LogP contribution in [0.15, 0.2) is 30.6 Å². The van der Waals surface area contributed by atoms with E-state index >= 15 is 4.39 Å². The third kappa shape index (κ3) is 11.8. The van der Waals surface area contributed by atoms with E-state index in [2.05, 4.69) is 26.4 Å². The maximum absolute atomic E-state index is 15.1. The van der Waals surface area contributed by atoms with Crippen LogP contribution in [-0.2, 0) is 46.3 Å². The van der Waals surface area contributed by atoms with Gasteiger partial charge in [0.25, 0.3) is 0 Å². The number of alkyl halides is 7. The van der Waals surface area contributed by atoms with Crippen LogP contribution in [0.1, 0.15) is 110 Å². The summed E-state index contributed by atoms with van der Waals surface area (Å²) in [5.74, 6) is -6.83. The minimum absolute atomic E-state index is 0.0165. The van der Waals surface area contributed by atoms with Crippen LogP contribution < -0.4 is 21.3 Å². The van der Waals surface area contributed by atoms with E-state index in [-0.39, 0.29) is 71.0 Å². The first-order valence-electron chi connectivity index (χ1n) is 25.1. The van der Waals surface area contributed by atoms with Crippen LogP contribution in [0.4, 0.5) is 30.7 Å². The van der Waals surface area contributed by atoms with Gasteiger partial charge in [-0.1, -0.05) is 37.9 Å². The molecule has 2 saturated heterocycles. The largest absolute Gasteiger partial charge is 0.504 e. The minimum Gasteiger partial charge on any atom is -0.354 e. The van der Waals surface area contributed by atoms with Crippen molar-refractivity contribution in [3.63, 3.8) is 0 Å². The Bertz CT molecular complexity index is 2490. The normalized spacial score (nSPS) is 26.1. The highest BCUT2D eigenvalue weighted by molar-refractivity contribution is 6.30. The zero-order valence-corrected chi connectivity index (χ0v) is 43.0. The van der Waals surface area contributed by atoms with Gasteiger partial charge in [0.15, 0.2) is 0 Å². The van der Waals surface area contributed by atoms with Gasteiger partial charge in [0.2, 0.25) is 41.4 Å². The van der Waals surface area contributed by atoms with Crippen molar-refractivity contribution >= 4 is 53.0 Å². The zero-order valence-electron chi connectivity index (χ0n) is 42.2. The first-order valence-corrected chi connectivity index (χ1v) is 25.5. The molecule has 1 aromatic heterocycles. The molecular formula is C50H65ClF7N9O7. The van der Waals surface area contributed by atoms with Crippen LogP contribution in [0, 0.1) is 22.7 Å². The van der Waals surface area contributed by atoms with Gasteiger partial charge >= 0.3 is 12.5 Å². The van der Waals surface area contributed by atoms with Gasteiger partial charge in [0.05, 0.1) is 12.7 Å². The molecule has 3 aliphatic carbocycles. The van der Waals surface area contributed by atoms with Gasteiger partial charge in [-0.3, -0.25) is 33.6 Å². The van der Waals surface area contributed by atoms with E-state index in [1.807, 2.05) is 0 Å². The number of hydrogen-bond donors (Lipinski definition) is 4. The molecule has 5 aliphatic rings. The summed E-state index contributed by atoms with van der Waals surface area (Å²) in [6, 6.07) is -2.79. The van der Waals surface area contributed by atoms with Gasteiger partial charge in [0, 0.05) is 50.3 Å². The highest BCUT2D eigenvalue weighted by Crippen LogP contribution is 2.69. The molecule has 2 aliphatic heterocycles. The lowest BCUT2D eigenvalue weighted by molar-refractivity contribution is -0.285. The molecule has 7 amide bonds. The minimum atomic E-state index is -4.94. The molecule has 4 N–H and O–H groups in total. The quantitative estimate of drug-likeness (QED) is 0.198. The van der Waals surface area contributed by atoms with Crippen molar-refractivity contribution in [2.24, 2.45) is 22.7 Å². The number of hydrogen-bond acceptors (Lipinski definition) is 8. The lowest BCUT2D eigenvalue weighted by Gasteiger charge is -2.60. The molecule has 1 aromatic carbocycles. The van der Waals surface area contributed by atoms with Crippen LogP contribution in [0.25, 0.3) is 11.1 Å². The first-order chi connectivity index (χ1) is 34.5. The number of likely N-dealkylation sites (tertiary alicyclic amines) is 1. The van der Waals surface area contributed by atoms with E-state index in [4.69, 9.17) is 11.6 Å². The molecule has 74 heavy (non-hydrogen) atoms. The topological polar surface area (TPSA) is 195 Å². The number of aromatic nitrogens is 2. The maximum atomic E-state index is 15.1. The number of halogens is 8. The number of carbonyl (C=O) groups excluding carboxylic acids is 7. The lowest BCUT2D eigenvalue weighted by Crippen LogP contribution is -2.66. The molecule has 0 bridgehead atoms. The molecule has 16 nitrogen and oxygen atoms in total. The molecule has 5 fully saturated rings. The fourth-order valence-electron chi connectivity index (χ4n) is 11.1. The standard InChI is InChI=1S/C50H65ClF7N9O7/c1-27(2)18-34-42(71)65(6)36(20-29-19-31(51)13-14-33(29)30-22-60-67(23-30)50(56,57)58)41(70)63-46(3,4)44(73)59-17-8-7-10-35(39(68)61-34)64(5)43(72)38(28-11-12-28)62-40(69)37-21-32(52)24-66(37)45(74)48(49(53,54)55)25-47(26-48)15-9-16-47/h13-14,19,22-23,27-28,32,34-38H,7-12,15-18,20-21,24-26H2,1-6H3,(H,59,73)(H,61,68)(H,62,69)(H,63,70)/t32-,34+,35+,36+,37+,38+/m1/s1. The summed E-state index contributed by atoms with van der Waals surface area (Å²) in [5, 5.41) is 14.5. The van der Waals surface area contributed by atoms with E-state index < -0.39 is 138 Å². The molecule has 2 aromatic rings. The lowest BCUT2D eigenvalue weighted by atomic mass is 9.44. The van der Waals surface area contributed by atoms with Crippen molar-refractivity contribution in [1.82, 2.24) is 45.7 Å². The van der Waals surface area contributed by atoms with E-state index in [1.54, 1.807) is 13.8 Å². The predicted octanol–water partition coefficient (Wildman–Crippen LogP) is 5.95. The molecule has 1 spiro atoms. The molecule has 6 atom stereocenters. The Morgan fingerprint density at radius 2 is 1.65 bits per heavy atom. The second-order valence-corrected chi connectivity index (χ2v) is 22.5. The Balaban J connectivity index is 1.15. The molecule has 0 radical (unpaired) electrons. The third-order valence-electron chi connectivity index (χ3n) is 15.6. The average molecular weight is 1070 g/mol. The van der Waals surface area contributed by atoms with Crippen molar-refractivity contribution < 1.29 is 64.3 Å². The molecule has 24 heteroatoms. The van der Waals surface area contributed by atoms with Gasteiger partial charge in [-0.05, 0) is 119 Å². The molecule has 3 heterocycles. The number of nitrogens with zero attached hydrogens (tertiary/aromatic N) is 5. The molecular weight excluding hydrogens is 1010 g/mol. The first kappa shape index (κ1) is 56.3. The van der Waals surface area contributed by atoms with Crippen LogP contribution in [-0.4, -0.2) is 141 Å². The van der Waals surface area contributed by atoms with Gasteiger partial charge in [-0.25, -0.2) is 4.39 Å². The number of likely N-dealkylation sites (N-methyl/N-ethyl adjacent to an activating group) is 2. The summed E-state index contributed by atoms with van der Waals surface area (Å²) >= 11 is 6.40. The summed E-state index contributed by atoms with van der Waals surface area (Å²) in [6.45, 7) is 5.79. The van der Waals surface area contributed by atoms with Crippen LogP contribution in [0.3, 0.4) is 0 Å². The van der Waals surface area contributed by atoms with E-state index in [9.17, 15) is 59.9 Å². The number of carbonyl (C=O) groups is 7. The molecule has 408 valence electrons. The Morgan fingerprint density at radius 1 is 0.973 bits per heavy atom. The van der Waals surface area contributed by atoms with E-state index in [0.29, 0.717) is 30.6 Å². The fourth-order valence-corrected chi connectivity index (χ4v) is 11.3. The summed E-state index contributed by atoms with van der Waals surface area (Å²) in [6.07, 6.45) is -8.40. The Kier molecular flexibility index (Phi) is 16.2. The van der Waals surface area contributed by atoms with E-state index in [0.717, 1.165) is 28.6 Å². The average Bonchev–Trinajstić information content (AvgIpc) is 3.84. The SMILES string of the molecule is CC(C)C[C@@H]1NC(=O)[C@@H](N(C)C(=O)[C@@H](NC(=O)[C@@H]2C[C@@H](F)CN2C(=O)C2(C(F)(F)F)CC3(CCC3)C2)C2CC2)CCCCNC(=O)C(C)(C)NC(=O)[C@H](Cc2cc(Cl)ccc2-c2cnn(C(F)(F)F)c2)N(C)C1=O. The number of nitrogens with one attached hydrogen (secondary N) is 4. The van der Waals surface area contributed by atoms with Gasteiger partial charge in [-0.2, -0.15) is 23.0 Å². The predicted molar refractivity (Wildman–Crippen MR) is 255 cm³/mol. The Labute approximate surface area is 429 Å². The number of amides is 7. The van der Waals surface area contributed by atoms with E-state index in [1.165, 1.54) is 46.1 Å². The van der Waals surface area contributed by atoms with Crippen LogP contribution >= 0.6 is 11.6 Å². The van der Waals surface area contributed by atoms with Crippen LogP contribution in [0.2, 0.25) is 5.02 Å². The molecule has 0 unspecified atom stereocenters.